The number of sulfone groups is 1. The van der Waals surface area contributed by atoms with Crippen LogP contribution >= 0.6 is 15.9 Å². The average Bonchev–Trinajstić information content (AvgIpc) is 3.00. The Labute approximate surface area is 104 Å². The summed E-state index contributed by atoms with van der Waals surface area (Å²) in [5.74, 6) is 0.975. The minimum Gasteiger partial charge on any atom is -0.495 e. The van der Waals surface area contributed by atoms with Gasteiger partial charge in [0.1, 0.15) is 10.6 Å². The minimum atomic E-state index is -3.24. The second kappa shape index (κ2) is 4.37. The van der Waals surface area contributed by atoms with E-state index in [0.29, 0.717) is 16.1 Å². The first-order valence-corrected chi connectivity index (χ1v) is 7.54. The first kappa shape index (κ1) is 11.9. The van der Waals surface area contributed by atoms with Gasteiger partial charge in [-0.2, -0.15) is 0 Å². The highest BCUT2D eigenvalue weighted by Gasteiger charge is 2.31. The molecule has 2 rings (SSSR count). The van der Waals surface area contributed by atoms with E-state index in [0.717, 1.165) is 12.8 Å². The zero-order valence-corrected chi connectivity index (χ0v) is 11.3. The van der Waals surface area contributed by atoms with Gasteiger partial charge in [0.15, 0.2) is 9.84 Å². The number of hydrogen-bond donors (Lipinski definition) is 0. The van der Waals surface area contributed by atoms with E-state index < -0.39 is 9.84 Å². The van der Waals surface area contributed by atoms with E-state index in [1.807, 2.05) is 0 Å². The molecule has 1 aliphatic rings. The van der Waals surface area contributed by atoms with Crippen molar-refractivity contribution in [2.24, 2.45) is 5.92 Å². The Hall–Kier alpha value is -0.550. The van der Waals surface area contributed by atoms with E-state index in [9.17, 15) is 8.42 Å². The van der Waals surface area contributed by atoms with Crippen molar-refractivity contribution in [2.45, 2.75) is 17.7 Å². The molecular weight excluding hydrogens is 292 g/mol. The lowest BCUT2D eigenvalue weighted by molar-refractivity contribution is 0.402. The molecule has 1 fully saturated rings. The van der Waals surface area contributed by atoms with Crippen molar-refractivity contribution in [3.63, 3.8) is 0 Å². The van der Waals surface area contributed by atoms with E-state index in [4.69, 9.17) is 4.74 Å². The van der Waals surface area contributed by atoms with Gasteiger partial charge in [0.2, 0.25) is 0 Å². The van der Waals surface area contributed by atoms with Crippen LogP contribution in [0.1, 0.15) is 12.8 Å². The molecular formula is C11H13BrO3S. The lowest BCUT2D eigenvalue weighted by atomic mass is 10.3. The highest BCUT2D eigenvalue weighted by Crippen LogP contribution is 2.37. The molecule has 1 saturated carbocycles. The maximum atomic E-state index is 12.2. The molecule has 0 saturated heterocycles. The third-order valence-corrected chi connectivity index (χ3v) is 5.49. The fourth-order valence-electron chi connectivity index (χ4n) is 1.63. The second-order valence-electron chi connectivity index (χ2n) is 4.00. The molecule has 0 radical (unpaired) electrons. The van der Waals surface area contributed by atoms with Gasteiger partial charge in [-0.3, -0.25) is 0 Å². The monoisotopic (exact) mass is 304 g/mol. The van der Waals surface area contributed by atoms with E-state index >= 15 is 0 Å². The van der Waals surface area contributed by atoms with Crippen molar-refractivity contribution in [1.29, 1.82) is 0 Å². The molecule has 0 amide bonds. The molecule has 1 aromatic carbocycles. The largest absolute Gasteiger partial charge is 0.495 e. The molecule has 16 heavy (non-hydrogen) atoms. The molecule has 0 unspecified atom stereocenters. The van der Waals surface area contributed by atoms with Crippen LogP contribution in [0.5, 0.6) is 5.75 Å². The number of rotatable bonds is 4. The van der Waals surface area contributed by atoms with Crippen LogP contribution in [0, 0.1) is 5.92 Å². The molecule has 0 aliphatic heterocycles. The highest BCUT2D eigenvalue weighted by molar-refractivity contribution is 9.10. The fourth-order valence-corrected chi connectivity index (χ4v) is 4.66. The standard InChI is InChI=1S/C11H13BrO3S/c1-15-10-4-2-3-9(12)11(10)16(13,14)7-8-5-6-8/h2-4,8H,5-7H2,1H3. The predicted octanol–water partition coefficient (Wildman–Crippen LogP) is 2.64. The Morgan fingerprint density at radius 1 is 1.44 bits per heavy atom. The van der Waals surface area contributed by atoms with E-state index in [-0.39, 0.29) is 10.6 Å². The molecule has 5 heteroatoms. The fraction of sp³-hybridized carbons (Fsp3) is 0.455. The van der Waals surface area contributed by atoms with Crippen molar-refractivity contribution < 1.29 is 13.2 Å². The average molecular weight is 305 g/mol. The quantitative estimate of drug-likeness (QED) is 0.859. The van der Waals surface area contributed by atoms with Gasteiger partial charge in [-0.25, -0.2) is 8.42 Å². The number of ether oxygens (including phenoxy) is 1. The van der Waals surface area contributed by atoms with Gasteiger partial charge in [-0.1, -0.05) is 6.07 Å². The molecule has 0 aromatic heterocycles. The van der Waals surface area contributed by atoms with Gasteiger partial charge < -0.3 is 4.74 Å². The summed E-state index contributed by atoms with van der Waals surface area (Å²) in [7, 11) is -1.76. The Morgan fingerprint density at radius 3 is 2.69 bits per heavy atom. The van der Waals surface area contributed by atoms with E-state index in [1.54, 1.807) is 18.2 Å². The molecule has 0 N–H and O–H groups in total. The van der Waals surface area contributed by atoms with Crippen LogP contribution in [0.15, 0.2) is 27.6 Å². The number of methoxy groups -OCH3 is 1. The minimum absolute atomic E-state index is 0.228. The van der Waals surface area contributed by atoms with Crippen LogP contribution in [-0.2, 0) is 9.84 Å². The highest BCUT2D eigenvalue weighted by atomic mass is 79.9. The maximum Gasteiger partial charge on any atom is 0.183 e. The number of benzene rings is 1. The lowest BCUT2D eigenvalue weighted by Crippen LogP contribution is -2.10. The van der Waals surface area contributed by atoms with Gasteiger partial charge in [-0.05, 0) is 46.8 Å². The third kappa shape index (κ3) is 2.40. The van der Waals surface area contributed by atoms with Gasteiger partial charge in [-0.15, -0.1) is 0 Å². The second-order valence-corrected chi connectivity index (χ2v) is 6.82. The summed E-state index contributed by atoms with van der Waals surface area (Å²) in [5.41, 5.74) is 0. The van der Waals surface area contributed by atoms with Crippen LogP contribution in [0.25, 0.3) is 0 Å². The zero-order chi connectivity index (χ0) is 11.8. The van der Waals surface area contributed by atoms with Crippen molar-refractivity contribution in [3.05, 3.63) is 22.7 Å². The van der Waals surface area contributed by atoms with Crippen LogP contribution in [0.2, 0.25) is 0 Å². The molecule has 3 nitrogen and oxygen atoms in total. The summed E-state index contributed by atoms with van der Waals surface area (Å²) < 4.78 is 30.0. The molecule has 0 atom stereocenters. The SMILES string of the molecule is COc1cccc(Br)c1S(=O)(=O)CC1CC1. The van der Waals surface area contributed by atoms with Crippen molar-refractivity contribution in [2.75, 3.05) is 12.9 Å². The summed E-state index contributed by atoms with van der Waals surface area (Å²) in [6, 6.07) is 5.16. The molecule has 0 spiro atoms. The van der Waals surface area contributed by atoms with Gasteiger partial charge in [0, 0.05) is 4.47 Å². The van der Waals surface area contributed by atoms with Crippen LogP contribution in [0.4, 0.5) is 0 Å². The van der Waals surface area contributed by atoms with E-state index in [1.165, 1.54) is 7.11 Å². The number of hydrogen-bond acceptors (Lipinski definition) is 3. The summed E-state index contributed by atoms with van der Waals surface area (Å²) in [6.07, 6.45) is 2.04. The molecule has 88 valence electrons. The normalized spacial score (nSPS) is 16.1. The Balaban J connectivity index is 2.44. The first-order valence-electron chi connectivity index (χ1n) is 5.10. The lowest BCUT2D eigenvalue weighted by Gasteiger charge is -2.10. The topological polar surface area (TPSA) is 43.4 Å². The molecule has 1 aromatic rings. The maximum absolute atomic E-state index is 12.2. The number of halogens is 1. The van der Waals surface area contributed by atoms with Gasteiger partial charge >= 0.3 is 0 Å². The van der Waals surface area contributed by atoms with Crippen LogP contribution in [0.3, 0.4) is 0 Å². The van der Waals surface area contributed by atoms with Gasteiger partial charge in [0.05, 0.1) is 12.9 Å². The zero-order valence-electron chi connectivity index (χ0n) is 8.94. The Kier molecular flexibility index (Phi) is 3.26. The summed E-state index contributed by atoms with van der Waals surface area (Å²) >= 11 is 3.27. The first-order chi connectivity index (χ1) is 7.54. The summed E-state index contributed by atoms with van der Waals surface area (Å²) in [5, 5.41) is 0. The summed E-state index contributed by atoms with van der Waals surface area (Å²) in [4.78, 5) is 0.282. The van der Waals surface area contributed by atoms with Crippen molar-refractivity contribution in [1.82, 2.24) is 0 Å². The summed E-state index contributed by atoms with van der Waals surface area (Å²) in [6.45, 7) is 0. The van der Waals surface area contributed by atoms with Gasteiger partial charge in [0.25, 0.3) is 0 Å². The van der Waals surface area contributed by atoms with Crippen molar-refractivity contribution in [3.8, 4) is 5.75 Å². The van der Waals surface area contributed by atoms with E-state index in [2.05, 4.69) is 15.9 Å². The third-order valence-electron chi connectivity index (χ3n) is 2.61. The molecule has 0 heterocycles. The predicted molar refractivity (Wildman–Crippen MR) is 65.5 cm³/mol. The Bertz CT molecular complexity index is 492. The Morgan fingerprint density at radius 2 is 2.12 bits per heavy atom. The van der Waals surface area contributed by atoms with Crippen LogP contribution < -0.4 is 4.74 Å². The van der Waals surface area contributed by atoms with Crippen molar-refractivity contribution >= 4 is 25.8 Å². The van der Waals surface area contributed by atoms with Crippen LogP contribution in [-0.4, -0.2) is 21.3 Å². The smallest absolute Gasteiger partial charge is 0.183 e. The molecule has 0 bridgehead atoms. The molecule has 1 aliphatic carbocycles.